The molecule has 1 aliphatic heterocycles. The summed E-state index contributed by atoms with van der Waals surface area (Å²) in [4.78, 5) is 18.7. The Balaban J connectivity index is 1.46. The zero-order chi connectivity index (χ0) is 15.2. The Morgan fingerprint density at radius 1 is 1.14 bits per heavy atom. The molecule has 3 rings (SSSR count). The molecule has 114 valence electrons. The fourth-order valence-corrected chi connectivity index (χ4v) is 3.09. The Kier molecular flexibility index (Phi) is 4.84. The number of nitrogens with zero attached hydrogens (tertiary/aromatic N) is 2. The average molecular weight is 294 g/mol. The third kappa shape index (κ3) is 3.73. The van der Waals surface area contributed by atoms with Crippen LogP contribution in [-0.4, -0.2) is 28.9 Å². The second kappa shape index (κ2) is 7.21. The van der Waals surface area contributed by atoms with E-state index in [1.807, 2.05) is 29.3 Å². The Morgan fingerprint density at radius 2 is 1.95 bits per heavy atom. The van der Waals surface area contributed by atoms with Crippen molar-refractivity contribution in [2.45, 2.75) is 31.6 Å². The first kappa shape index (κ1) is 14.8. The summed E-state index contributed by atoms with van der Waals surface area (Å²) in [6, 6.07) is 16.4. The lowest BCUT2D eigenvalue weighted by atomic mass is 10.0. The molecule has 1 amide bonds. The summed E-state index contributed by atoms with van der Waals surface area (Å²) in [6.45, 7) is 1.69. The molecular formula is C19H22N2O. The van der Waals surface area contributed by atoms with Gasteiger partial charge in [0.1, 0.15) is 0 Å². The monoisotopic (exact) mass is 294 g/mol. The largest absolute Gasteiger partial charge is 0.342 e. The molecule has 0 spiro atoms. The van der Waals surface area contributed by atoms with Gasteiger partial charge in [-0.2, -0.15) is 0 Å². The molecule has 1 aromatic heterocycles. The molecule has 0 unspecified atom stereocenters. The minimum absolute atomic E-state index is 0.286. The van der Waals surface area contributed by atoms with Crippen molar-refractivity contribution >= 4 is 5.91 Å². The lowest BCUT2D eigenvalue weighted by molar-refractivity contribution is -0.130. The van der Waals surface area contributed by atoms with Gasteiger partial charge in [0.15, 0.2) is 0 Å². The van der Waals surface area contributed by atoms with Gasteiger partial charge in [0.25, 0.3) is 0 Å². The molecule has 1 saturated heterocycles. The molecule has 1 aromatic carbocycles. The van der Waals surface area contributed by atoms with Gasteiger partial charge in [-0.05, 0) is 37.0 Å². The van der Waals surface area contributed by atoms with Crippen LogP contribution in [0.25, 0.3) is 0 Å². The number of rotatable bonds is 5. The molecule has 0 aliphatic carbocycles. The summed E-state index contributed by atoms with van der Waals surface area (Å²) >= 11 is 0. The first-order valence-electron chi connectivity index (χ1n) is 8.05. The van der Waals surface area contributed by atoms with Gasteiger partial charge >= 0.3 is 0 Å². The molecule has 0 N–H and O–H groups in total. The van der Waals surface area contributed by atoms with Crippen molar-refractivity contribution < 1.29 is 4.79 Å². The lowest BCUT2D eigenvalue weighted by Gasteiger charge is -2.16. The molecule has 0 bridgehead atoms. The molecule has 0 radical (unpaired) electrons. The second-order valence-corrected chi connectivity index (χ2v) is 5.92. The summed E-state index contributed by atoms with van der Waals surface area (Å²) in [5.74, 6) is 0.689. The van der Waals surface area contributed by atoms with Gasteiger partial charge in [-0.3, -0.25) is 9.78 Å². The first-order chi connectivity index (χ1) is 10.8. The van der Waals surface area contributed by atoms with E-state index in [-0.39, 0.29) is 5.91 Å². The summed E-state index contributed by atoms with van der Waals surface area (Å²) in [5.41, 5.74) is 2.42. The van der Waals surface area contributed by atoms with Crippen molar-refractivity contribution in [1.29, 1.82) is 0 Å². The van der Waals surface area contributed by atoms with Crippen molar-refractivity contribution in [3.8, 4) is 0 Å². The SMILES string of the molecule is O=C(CCCc1ccccc1)N1CC[C@H](c2ccccn2)C1. The van der Waals surface area contributed by atoms with Crippen LogP contribution in [0.2, 0.25) is 0 Å². The average Bonchev–Trinajstić information content (AvgIpc) is 3.07. The van der Waals surface area contributed by atoms with Crippen molar-refractivity contribution in [3.05, 3.63) is 66.0 Å². The van der Waals surface area contributed by atoms with Crippen LogP contribution in [0.3, 0.4) is 0 Å². The molecule has 3 heteroatoms. The third-order valence-corrected chi connectivity index (χ3v) is 4.35. The molecule has 2 aromatic rings. The molecule has 1 atom stereocenters. The number of benzene rings is 1. The van der Waals surface area contributed by atoms with E-state index in [1.54, 1.807) is 0 Å². The van der Waals surface area contributed by atoms with Crippen LogP contribution < -0.4 is 0 Å². The lowest BCUT2D eigenvalue weighted by Crippen LogP contribution is -2.28. The highest BCUT2D eigenvalue weighted by Crippen LogP contribution is 2.26. The van der Waals surface area contributed by atoms with E-state index in [0.29, 0.717) is 12.3 Å². The van der Waals surface area contributed by atoms with Gasteiger partial charge in [-0.25, -0.2) is 0 Å². The quantitative estimate of drug-likeness (QED) is 0.846. The van der Waals surface area contributed by atoms with Crippen LogP contribution in [0.5, 0.6) is 0 Å². The van der Waals surface area contributed by atoms with Crippen molar-refractivity contribution in [3.63, 3.8) is 0 Å². The number of amides is 1. The van der Waals surface area contributed by atoms with Crippen molar-refractivity contribution in [2.24, 2.45) is 0 Å². The van der Waals surface area contributed by atoms with Crippen LogP contribution in [0, 0.1) is 0 Å². The van der Waals surface area contributed by atoms with Crippen molar-refractivity contribution in [2.75, 3.05) is 13.1 Å². The second-order valence-electron chi connectivity index (χ2n) is 5.92. The maximum absolute atomic E-state index is 12.3. The first-order valence-corrected chi connectivity index (χ1v) is 8.05. The Morgan fingerprint density at radius 3 is 2.73 bits per heavy atom. The number of hydrogen-bond acceptors (Lipinski definition) is 2. The summed E-state index contributed by atoms with van der Waals surface area (Å²) in [7, 11) is 0. The maximum atomic E-state index is 12.3. The fraction of sp³-hybridized carbons (Fsp3) is 0.368. The van der Waals surface area contributed by atoms with E-state index in [9.17, 15) is 4.79 Å². The van der Waals surface area contributed by atoms with E-state index in [2.05, 4.69) is 35.3 Å². The highest BCUT2D eigenvalue weighted by molar-refractivity contribution is 5.76. The van der Waals surface area contributed by atoms with Crippen LogP contribution in [-0.2, 0) is 11.2 Å². The number of likely N-dealkylation sites (tertiary alicyclic amines) is 1. The van der Waals surface area contributed by atoms with Crippen LogP contribution in [0.4, 0.5) is 0 Å². The molecular weight excluding hydrogens is 272 g/mol. The Hall–Kier alpha value is -2.16. The van der Waals surface area contributed by atoms with Crippen LogP contribution >= 0.6 is 0 Å². The van der Waals surface area contributed by atoms with Gasteiger partial charge in [0, 0.05) is 37.3 Å². The highest BCUT2D eigenvalue weighted by Gasteiger charge is 2.27. The molecule has 0 saturated carbocycles. The predicted molar refractivity (Wildman–Crippen MR) is 87.6 cm³/mol. The zero-order valence-corrected chi connectivity index (χ0v) is 12.8. The summed E-state index contributed by atoms with van der Waals surface area (Å²) in [6.07, 6.45) is 5.41. The summed E-state index contributed by atoms with van der Waals surface area (Å²) < 4.78 is 0. The molecule has 2 heterocycles. The Bertz CT molecular complexity index is 597. The van der Waals surface area contributed by atoms with E-state index in [4.69, 9.17) is 0 Å². The van der Waals surface area contributed by atoms with Gasteiger partial charge < -0.3 is 4.90 Å². The standard InChI is InChI=1S/C19H22N2O/c22-19(11-6-9-16-7-2-1-3-8-16)21-14-12-17(15-21)18-10-4-5-13-20-18/h1-5,7-8,10,13,17H,6,9,11-12,14-15H2/t17-/m0/s1. The number of carbonyl (C=O) groups is 1. The van der Waals surface area contributed by atoms with Crippen LogP contribution in [0.15, 0.2) is 54.7 Å². The van der Waals surface area contributed by atoms with Gasteiger partial charge in [0.05, 0.1) is 0 Å². The maximum Gasteiger partial charge on any atom is 0.222 e. The Labute approximate surface area is 132 Å². The number of hydrogen-bond donors (Lipinski definition) is 0. The third-order valence-electron chi connectivity index (χ3n) is 4.35. The number of aromatic nitrogens is 1. The minimum atomic E-state index is 0.286. The zero-order valence-electron chi connectivity index (χ0n) is 12.8. The molecule has 22 heavy (non-hydrogen) atoms. The van der Waals surface area contributed by atoms with Crippen molar-refractivity contribution in [1.82, 2.24) is 9.88 Å². The van der Waals surface area contributed by atoms with Crippen LogP contribution in [0.1, 0.15) is 36.4 Å². The van der Waals surface area contributed by atoms with E-state index >= 15 is 0 Å². The predicted octanol–water partition coefficient (Wildman–Crippen LogP) is 3.42. The minimum Gasteiger partial charge on any atom is -0.342 e. The smallest absolute Gasteiger partial charge is 0.222 e. The topological polar surface area (TPSA) is 33.2 Å². The number of carbonyl (C=O) groups excluding carboxylic acids is 1. The number of pyridine rings is 1. The fourth-order valence-electron chi connectivity index (χ4n) is 3.09. The van der Waals surface area contributed by atoms with Gasteiger partial charge in [-0.1, -0.05) is 36.4 Å². The van der Waals surface area contributed by atoms with E-state index in [1.165, 1.54) is 5.56 Å². The van der Waals surface area contributed by atoms with E-state index in [0.717, 1.165) is 38.0 Å². The summed E-state index contributed by atoms with van der Waals surface area (Å²) in [5, 5.41) is 0. The highest BCUT2D eigenvalue weighted by atomic mass is 16.2. The molecule has 1 fully saturated rings. The molecule has 1 aliphatic rings. The van der Waals surface area contributed by atoms with E-state index < -0.39 is 0 Å². The normalized spacial score (nSPS) is 17.6. The van der Waals surface area contributed by atoms with Gasteiger partial charge in [-0.15, -0.1) is 0 Å². The number of aryl methyl sites for hydroxylation is 1. The van der Waals surface area contributed by atoms with Gasteiger partial charge in [0.2, 0.25) is 5.91 Å². The molecule has 3 nitrogen and oxygen atoms in total.